The molecule has 0 bridgehead atoms. The van der Waals surface area contributed by atoms with Crippen molar-refractivity contribution in [3.63, 3.8) is 0 Å². The van der Waals surface area contributed by atoms with Crippen molar-refractivity contribution in [2.24, 2.45) is 0 Å². The van der Waals surface area contributed by atoms with Crippen molar-refractivity contribution >= 4 is 29.0 Å². The molecular formula is C10H8Cl2O2. The Morgan fingerprint density at radius 1 is 1.43 bits per heavy atom. The Morgan fingerprint density at radius 2 is 2.07 bits per heavy atom. The molecular weight excluding hydrogens is 223 g/mol. The summed E-state index contributed by atoms with van der Waals surface area (Å²) in [5.74, 6) is -0.427. The zero-order valence-electron chi connectivity index (χ0n) is 7.42. The van der Waals surface area contributed by atoms with E-state index in [-0.39, 0.29) is 22.1 Å². The minimum atomic E-state index is -0.363. The lowest BCUT2D eigenvalue weighted by molar-refractivity contribution is 0.104. The molecule has 0 amide bonds. The van der Waals surface area contributed by atoms with Gasteiger partial charge < -0.3 is 5.11 Å². The Hall–Kier alpha value is -0.990. The number of benzene rings is 1. The minimum Gasteiger partial charge on any atom is -0.512 e. The molecule has 0 aliphatic rings. The van der Waals surface area contributed by atoms with Crippen molar-refractivity contribution in [2.75, 3.05) is 0 Å². The molecule has 0 atom stereocenters. The highest BCUT2D eigenvalue weighted by Gasteiger charge is 2.10. The van der Waals surface area contributed by atoms with Gasteiger partial charge in [0.05, 0.1) is 15.8 Å². The molecule has 0 aliphatic heterocycles. The van der Waals surface area contributed by atoms with Crippen molar-refractivity contribution in [1.82, 2.24) is 0 Å². The fourth-order valence-corrected chi connectivity index (χ4v) is 1.36. The number of allylic oxidation sites excluding steroid dienone is 2. The summed E-state index contributed by atoms with van der Waals surface area (Å²) in [6.45, 7) is 1.41. The monoisotopic (exact) mass is 230 g/mol. The molecule has 0 aliphatic carbocycles. The number of aliphatic hydroxyl groups is 1. The van der Waals surface area contributed by atoms with Crippen LogP contribution in [0.1, 0.15) is 17.3 Å². The van der Waals surface area contributed by atoms with E-state index in [1.54, 1.807) is 18.2 Å². The molecule has 0 saturated carbocycles. The summed E-state index contributed by atoms with van der Waals surface area (Å²) in [6, 6.07) is 4.77. The van der Waals surface area contributed by atoms with Gasteiger partial charge in [-0.25, -0.2) is 0 Å². The maximum atomic E-state index is 11.4. The number of carbonyl (C=O) groups excluding carboxylic acids is 1. The molecule has 0 radical (unpaired) electrons. The maximum Gasteiger partial charge on any atom is 0.190 e. The Labute approximate surface area is 91.8 Å². The summed E-state index contributed by atoms with van der Waals surface area (Å²) in [7, 11) is 0. The molecule has 0 unspecified atom stereocenters. The van der Waals surface area contributed by atoms with Crippen molar-refractivity contribution < 1.29 is 9.90 Å². The van der Waals surface area contributed by atoms with Crippen molar-refractivity contribution in [3.05, 3.63) is 45.6 Å². The topological polar surface area (TPSA) is 37.3 Å². The molecule has 2 nitrogen and oxygen atoms in total. The standard InChI is InChI=1S/C10H8Cl2O2/c1-6(13)5-9(14)7-3-2-4-8(11)10(7)12/h2-5,13H,1H3/b6-5-. The van der Waals surface area contributed by atoms with Gasteiger partial charge in [0, 0.05) is 11.6 Å². The SMILES string of the molecule is C/C(O)=C/C(=O)c1cccc(Cl)c1Cl. The van der Waals surface area contributed by atoms with Crippen molar-refractivity contribution in [2.45, 2.75) is 6.92 Å². The smallest absolute Gasteiger partial charge is 0.190 e. The van der Waals surface area contributed by atoms with Gasteiger partial charge in [-0.15, -0.1) is 0 Å². The molecule has 0 spiro atoms. The second-order valence-corrected chi connectivity index (χ2v) is 3.54. The first-order valence-electron chi connectivity index (χ1n) is 3.88. The number of hydrogen-bond acceptors (Lipinski definition) is 2. The highest BCUT2D eigenvalue weighted by atomic mass is 35.5. The predicted molar refractivity (Wildman–Crippen MR) is 57.2 cm³/mol. The molecule has 0 fully saturated rings. The van der Waals surface area contributed by atoms with Crippen LogP contribution in [-0.4, -0.2) is 10.9 Å². The summed E-state index contributed by atoms with van der Waals surface area (Å²) in [6.07, 6.45) is 1.09. The minimum absolute atomic E-state index is 0.0638. The highest BCUT2D eigenvalue weighted by molar-refractivity contribution is 6.44. The zero-order chi connectivity index (χ0) is 10.7. The predicted octanol–water partition coefficient (Wildman–Crippen LogP) is 3.64. The second-order valence-electron chi connectivity index (χ2n) is 2.75. The van der Waals surface area contributed by atoms with Gasteiger partial charge >= 0.3 is 0 Å². The molecule has 0 saturated heterocycles. The van der Waals surface area contributed by atoms with Crippen LogP contribution in [0.25, 0.3) is 0 Å². The van der Waals surface area contributed by atoms with Crippen LogP contribution in [0.5, 0.6) is 0 Å². The van der Waals surface area contributed by atoms with E-state index in [0.717, 1.165) is 6.08 Å². The Kier molecular flexibility index (Phi) is 3.55. The lowest BCUT2D eigenvalue weighted by atomic mass is 10.1. The zero-order valence-corrected chi connectivity index (χ0v) is 8.93. The van der Waals surface area contributed by atoms with Gasteiger partial charge in [0.1, 0.15) is 0 Å². The van der Waals surface area contributed by atoms with Gasteiger partial charge in [-0.05, 0) is 19.1 Å². The molecule has 1 aromatic rings. The second kappa shape index (κ2) is 4.49. The van der Waals surface area contributed by atoms with Crippen LogP contribution >= 0.6 is 23.2 Å². The molecule has 1 aromatic carbocycles. The van der Waals surface area contributed by atoms with Gasteiger partial charge in [-0.1, -0.05) is 29.3 Å². The fourth-order valence-electron chi connectivity index (χ4n) is 0.962. The highest BCUT2D eigenvalue weighted by Crippen LogP contribution is 2.26. The molecule has 14 heavy (non-hydrogen) atoms. The number of carbonyl (C=O) groups is 1. The van der Waals surface area contributed by atoms with Crippen LogP contribution in [0.2, 0.25) is 10.0 Å². The van der Waals surface area contributed by atoms with E-state index in [1.165, 1.54) is 6.92 Å². The molecule has 1 rings (SSSR count). The average Bonchev–Trinajstić information content (AvgIpc) is 2.08. The van der Waals surface area contributed by atoms with Crippen LogP contribution in [0.15, 0.2) is 30.0 Å². The van der Waals surface area contributed by atoms with Gasteiger partial charge in [0.2, 0.25) is 0 Å². The number of ketones is 1. The van der Waals surface area contributed by atoms with Gasteiger partial charge in [-0.3, -0.25) is 4.79 Å². The first-order valence-corrected chi connectivity index (χ1v) is 4.63. The summed E-state index contributed by atoms with van der Waals surface area (Å²) in [4.78, 5) is 11.4. The first kappa shape index (κ1) is 11.1. The number of rotatable bonds is 2. The Balaban J connectivity index is 3.14. The number of hydrogen-bond donors (Lipinski definition) is 1. The van der Waals surface area contributed by atoms with Crippen LogP contribution in [0.4, 0.5) is 0 Å². The van der Waals surface area contributed by atoms with Gasteiger partial charge in [0.15, 0.2) is 5.78 Å². The van der Waals surface area contributed by atoms with E-state index in [4.69, 9.17) is 28.3 Å². The lowest BCUT2D eigenvalue weighted by Gasteiger charge is -2.01. The Morgan fingerprint density at radius 3 is 2.64 bits per heavy atom. The molecule has 74 valence electrons. The quantitative estimate of drug-likeness (QED) is 0.479. The lowest BCUT2D eigenvalue weighted by Crippen LogP contribution is -1.97. The average molecular weight is 231 g/mol. The van der Waals surface area contributed by atoms with E-state index in [1.807, 2.05) is 0 Å². The van der Waals surface area contributed by atoms with Crippen LogP contribution in [0, 0.1) is 0 Å². The van der Waals surface area contributed by atoms with Crippen molar-refractivity contribution in [3.8, 4) is 0 Å². The summed E-state index contributed by atoms with van der Waals surface area (Å²) in [5, 5.41) is 9.43. The maximum absolute atomic E-state index is 11.4. The fraction of sp³-hybridized carbons (Fsp3) is 0.100. The third kappa shape index (κ3) is 2.50. The number of aliphatic hydroxyl groups excluding tert-OH is 1. The van der Waals surface area contributed by atoms with Gasteiger partial charge in [0.25, 0.3) is 0 Å². The van der Waals surface area contributed by atoms with E-state index in [9.17, 15) is 4.79 Å². The van der Waals surface area contributed by atoms with Crippen LogP contribution in [0.3, 0.4) is 0 Å². The Bertz CT molecular complexity index is 393. The third-order valence-corrected chi connectivity index (χ3v) is 2.38. The van der Waals surface area contributed by atoms with Gasteiger partial charge in [-0.2, -0.15) is 0 Å². The normalized spacial score (nSPS) is 11.5. The molecule has 4 heteroatoms. The third-order valence-electron chi connectivity index (χ3n) is 1.56. The largest absolute Gasteiger partial charge is 0.512 e. The molecule has 0 aromatic heterocycles. The summed E-state index contributed by atoms with van der Waals surface area (Å²) < 4.78 is 0. The molecule has 0 heterocycles. The van der Waals surface area contributed by atoms with E-state index < -0.39 is 0 Å². The van der Waals surface area contributed by atoms with E-state index in [2.05, 4.69) is 0 Å². The van der Waals surface area contributed by atoms with Crippen LogP contribution < -0.4 is 0 Å². The molecule has 1 N–H and O–H groups in total. The van der Waals surface area contributed by atoms with E-state index >= 15 is 0 Å². The summed E-state index contributed by atoms with van der Waals surface area (Å²) in [5.41, 5.74) is 0.285. The summed E-state index contributed by atoms with van der Waals surface area (Å²) >= 11 is 11.5. The van der Waals surface area contributed by atoms with Crippen molar-refractivity contribution in [1.29, 1.82) is 0 Å². The van der Waals surface area contributed by atoms with E-state index in [0.29, 0.717) is 5.02 Å². The number of halogens is 2. The first-order chi connectivity index (χ1) is 6.52. The van der Waals surface area contributed by atoms with Crippen LogP contribution in [-0.2, 0) is 0 Å².